The van der Waals surface area contributed by atoms with Crippen LogP contribution in [0.4, 0.5) is 5.69 Å². The summed E-state index contributed by atoms with van der Waals surface area (Å²) >= 11 is 5.94. The van der Waals surface area contributed by atoms with Crippen molar-refractivity contribution in [2.75, 3.05) is 24.6 Å². The molecule has 2 aromatic rings. The highest BCUT2D eigenvalue weighted by Crippen LogP contribution is 2.31. The number of ether oxygens (including phenoxy) is 1. The lowest BCUT2D eigenvalue weighted by molar-refractivity contribution is -0.125. The third kappa shape index (κ3) is 3.86. The van der Waals surface area contributed by atoms with Crippen LogP contribution >= 0.6 is 11.6 Å². The van der Waals surface area contributed by atoms with E-state index in [-0.39, 0.29) is 25.0 Å². The Kier molecular flexibility index (Phi) is 5.01. The number of carbonyl (C=O) groups excluding carboxylic acids is 2. The SMILES string of the molecule is O=C(CN1C(=O)COc2ccccc21)NCCc1cccc(Cl)c1. The third-order valence-electron chi connectivity index (χ3n) is 3.73. The molecular formula is C18H17ClN2O3. The smallest absolute Gasteiger partial charge is 0.265 e. The van der Waals surface area contributed by atoms with Crippen LogP contribution in [0.2, 0.25) is 5.02 Å². The summed E-state index contributed by atoms with van der Waals surface area (Å²) in [5, 5.41) is 3.51. The van der Waals surface area contributed by atoms with Gasteiger partial charge in [-0.3, -0.25) is 14.5 Å². The van der Waals surface area contributed by atoms with Crippen molar-refractivity contribution in [1.29, 1.82) is 0 Å². The Morgan fingerprint density at radius 3 is 2.88 bits per heavy atom. The van der Waals surface area contributed by atoms with Crippen LogP contribution in [0.3, 0.4) is 0 Å². The van der Waals surface area contributed by atoms with Gasteiger partial charge in [0.15, 0.2) is 6.61 Å². The molecule has 1 heterocycles. The Morgan fingerprint density at radius 2 is 2.04 bits per heavy atom. The van der Waals surface area contributed by atoms with E-state index in [4.69, 9.17) is 16.3 Å². The van der Waals surface area contributed by atoms with Crippen LogP contribution in [0.1, 0.15) is 5.56 Å². The van der Waals surface area contributed by atoms with Gasteiger partial charge in [0, 0.05) is 11.6 Å². The maximum Gasteiger partial charge on any atom is 0.265 e. The fraction of sp³-hybridized carbons (Fsp3) is 0.222. The van der Waals surface area contributed by atoms with Crippen LogP contribution in [-0.2, 0) is 16.0 Å². The first-order valence-corrected chi connectivity index (χ1v) is 8.04. The van der Waals surface area contributed by atoms with Crippen molar-refractivity contribution in [3.8, 4) is 5.75 Å². The highest BCUT2D eigenvalue weighted by atomic mass is 35.5. The lowest BCUT2D eigenvalue weighted by Gasteiger charge is -2.28. The van der Waals surface area contributed by atoms with E-state index in [0.29, 0.717) is 29.4 Å². The quantitative estimate of drug-likeness (QED) is 0.906. The minimum absolute atomic E-state index is 0.0191. The summed E-state index contributed by atoms with van der Waals surface area (Å²) in [6.07, 6.45) is 0.681. The predicted octanol–water partition coefficient (Wildman–Crippen LogP) is 2.42. The summed E-state index contributed by atoms with van der Waals surface area (Å²) in [5.74, 6) is 0.185. The van der Waals surface area contributed by atoms with Crippen LogP contribution in [0.25, 0.3) is 0 Å². The van der Waals surface area contributed by atoms with Crippen molar-refractivity contribution in [3.63, 3.8) is 0 Å². The van der Waals surface area contributed by atoms with E-state index in [1.54, 1.807) is 12.1 Å². The minimum Gasteiger partial charge on any atom is -0.482 e. The van der Waals surface area contributed by atoms with Gasteiger partial charge in [0.25, 0.3) is 5.91 Å². The summed E-state index contributed by atoms with van der Waals surface area (Å²) in [7, 11) is 0. The highest BCUT2D eigenvalue weighted by Gasteiger charge is 2.26. The number of para-hydroxylation sites is 2. The second kappa shape index (κ2) is 7.36. The van der Waals surface area contributed by atoms with Gasteiger partial charge in [-0.2, -0.15) is 0 Å². The van der Waals surface area contributed by atoms with Gasteiger partial charge in [0.1, 0.15) is 12.3 Å². The Hall–Kier alpha value is -2.53. The number of benzene rings is 2. The number of rotatable bonds is 5. The summed E-state index contributed by atoms with van der Waals surface area (Å²) in [5.41, 5.74) is 1.68. The van der Waals surface area contributed by atoms with Crippen LogP contribution in [-0.4, -0.2) is 31.5 Å². The molecule has 0 aromatic heterocycles. The Balaban J connectivity index is 1.56. The molecule has 124 valence electrons. The summed E-state index contributed by atoms with van der Waals surface area (Å²) in [6.45, 7) is 0.418. The average Bonchev–Trinajstić information content (AvgIpc) is 2.58. The maximum atomic E-state index is 12.2. The van der Waals surface area contributed by atoms with Crippen LogP contribution in [0.15, 0.2) is 48.5 Å². The topological polar surface area (TPSA) is 58.6 Å². The van der Waals surface area contributed by atoms with Gasteiger partial charge in [-0.25, -0.2) is 0 Å². The van der Waals surface area contributed by atoms with Gasteiger partial charge in [0.05, 0.1) is 5.69 Å². The molecule has 0 unspecified atom stereocenters. The Morgan fingerprint density at radius 1 is 1.21 bits per heavy atom. The predicted molar refractivity (Wildman–Crippen MR) is 92.5 cm³/mol. The number of anilines is 1. The van der Waals surface area contributed by atoms with Gasteiger partial charge >= 0.3 is 0 Å². The molecule has 0 atom stereocenters. The zero-order valence-electron chi connectivity index (χ0n) is 13.0. The van der Waals surface area contributed by atoms with E-state index in [9.17, 15) is 9.59 Å². The largest absolute Gasteiger partial charge is 0.482 e. The second-order valence-electron chi connectivity index (χ2n) is 5.47. The van der Waals surface area contributed by atoms with Gasteiger partial charge in [-0.05, 0) is 36.2 Å². The monoisotopic (exact) mass is 344 g/mol. The van der Waals surface area contributed by atoms with Crippen molar-refractivity contribution < 1.29 is 14.3 Å². The molecule has 5 nitrogen and oxygen atoms in total. The molecule has 0 spiro atoms. The fourth-order valence-electron chi connectivity index (χ4n) is 2.57. The van der Waals surface area contributed by atoms with Crippen molar-refractivity contribution in [1.82, 2.24) is 5.32 Å². The fourth-order valence-corrected chi connectivity index (χ4v) is 2.78. The number of nitrogens with one attached hydrogen (secondary N) is 1. The molecule has 2 aromatic carbocycles. The number of halogens is 1. The normalized spacial score (nSPS) is 13.2. The molecule has 3 rings (SSSR count). The standard InChI is InChI=1S/C18H17ClN2O3/c19-14-5-3-4-13(10-14)8-9-20-17(22)11-21-15-6-1-2-7-16(15)24-12-18(21)23/h1-7,10H,8-9,11-12H2,(H,20,22). The molecule has 1 N–H and O–H groups in total. The van der Waals surface area contributed by atoms with E-state index < -0.39 is 0 Å². The number of nitrogens with zero attached hydrogens (tertiary/aromatic N) is 1. The third-order valence-corrected chi connectivity index (χ3v) is 3.97. The molecule has 0 aliphatic carbocycles. The van der Waals surface area contributed by atoms with E-state index >= 15 is 0 Å². The van der Waals surface area contributed by atoms with E-state index in [1.165, 1.54) is 4.90 Å². The van der Waals surface area contributed by atoms with Gasteiger partial charge in [-0.15, -0.1) is 0 Å². The van der Waals surface area contributed by atoms with Crippen LogP contribution in [0.5, 0.6) is 5.75 Å². The van der Waals surface area contributed by atoms with Gasteiger partial charge in [0.2, 0.25) is 5.91 Å². The van der Waals surface area contributed by atoms with Crippen molar-refractivity contribution in [2.45, 2.75) is 6.42 Å². The van der Waals surface area contributed by atoms with Crippen LogP contribution in [0, 0.1) is 0 Å². The molecule has 0 fully saturated rings. The first kappa shape index (κ1) is 16.3. The Labute approximate surface area is 145 Å². The van der Waals surface area contributed by atoms with Gasteiger partial charge in [-0.1, -0.05) is 35.9 Å². The average molecular weight is 345 g/mol. The first-order valence-electron chi connectivity index (χ1n) is 7.67. The molecule has 0 saturated heterocycles. The number of hydrogen-bond acceptors (Lipinski definition) is 3. The number of carbonyl (C=O) groups is 2. The van der Waals surface area contributed by atoms with E-state index in [1.807, 2.05) is 36.4 Å². The molecule has 1 aliphatic heterocycles. The van der Waals surface area contributed by atoms with Crippen molar-refractivity contribution in [3.05, 3.63) is 59.1 Å². The molecule has 6 heteroatoms. The highest BCUT2D eigenvalue weighted by molar-refractivity contribution is 6.30. The molecule has 1 aliphatic rings. The lowest BCUT2D eigenvalue weighted by Crippen LogP contribution is -2.45. The maximum absolute atomic E-state index is 12.2. The second-order valence-corrected chi connectivity index (χ2v) is 5.90. The zero-order chi connectivity index (χ0) is 16.9. The lowest BCUT2D eigenvalue weighted by atomic mass is 10.1. The molecule has 0 saturated carbocycles. The van der Waals surface area contributed by atoms with Crippen molar-refractivity contribution in [2.24, 2.45) is 0 Å². The minimum atomic E-state index is -0.223. The first-order chi connectivity index (χ1) is 11.6. The molecule has 0 radical (unpaired) electrons. The molecule has 0 bridgehead atoms. The van der Waals surface area contributed by atoms with Crippen molar-refractivity contribution >= 4 is 29.1 Å². The van der Waals surface area contributed by atoms with E-state index in [2.05, 4.69) is 5.32 Å². The number of hydrogen-bond donors (Lipinski definition) is 1. The van der Waals surface area contributed by atoms with Crippen LogP contribution < -0.4 is 15.0 Å². The van der Waals surface area contributed by atoms with Gasteiger partial charge < -0.3 is 10.1 Å². The Bertz CT molecular complexity index is 763. The molecule has 2 amide bonds. The molecular weight excluding hydrogens is 328 g/mol. The van der Waals surface area contributed by atoms with E-state index in [0.717, 1.165) is 5.56 Å². The summed E-state index contributed by atoms with van der Waals surface area (Å²) in [4.78, 5) is 25.6. The molecule has 24 heavy (non-hydrogen) atoms. The number of fused-ring (bicyclic) bond motifs is 1. The summed E-state index contributed by atoms with van der Waals surface area (Å²) in [6, 6.07) is 14.7. The zero-order valence-corrected chi connectivity index (χ0v) is 13.8. The summed E-state index contributed by atoms with van der Waals surface area (Å²) < 4.78 is 5.36. The number of amides is 2.